The van der Waals surface area contributed by atoms with Crippen molar-refractivity contribution in [2.45, 2.75) is 25.8 Å². The molecule has 8 heteroatoms. The summed E-state index contributed by atoms with van der Waals surface area (Å²) in [5, 5.41) is 8.85. The molecule has 2 heterocycles. The van der Waals surface area contributed by atoms with Gasteiger partial charge in [-0.1, -0.05) is 18.6 Å². The van der Waals surface area contributed by atoms with E-state index in [1.54, 1.807) is 48.7 Å². The zero-order valence-corrected chi connectivity index (χ0v) is 20.4. The Morgan fingerprint density at radius 2 is 1.51 bits per heavy atom. The van der Waals surface area contributed by atoms with Gasteiger partial charge >= 0.3 is 0 Å². The molecule has 0 saturated carbocycles. The van der Waals surface area contributed by atoms with Crippen LogP contribution in [0, 0.1) is 0 Å². The monoisotopic (exact) mass is 495 g/mol. The first-order valence-electron chi connectivity index (χ1n) is 12.4. The lowest BCUT2D eigenvalue weighted by Gasteiger charge is -2.26. The highest BCUT2D eigenvalue weighted by molar-refractivity contribution is 6.31. The minimum atomic E-state index is -0.497. The van der Waals surface area contributed by atoms with Gasteiger partial charge < -0.3 is 16.4 Å². The average Bonchev–Trinajstić information content (AvgIpc) is 2.90. The number of nitrogens with zero attached hydrogens (tertiary/aromatic N) is 1. The first kappa shape index (κ1) is 24.3. The Bertz CT molecular complexity index is 1360. The Labute approximate surface area is 215 Å². The SMILES string of the molecule is NC(=O)c1ccc(Nc2ccc3c(c2)C(=CNc2ccc(CN4CCCCC4)cc2)C(=O)NC3=O)cc1. The maximum Gasteiger partial charge on any atom is 0.260 e. The third kappa shape index (κ3) is 5.70. The first-order chi connectivity index (χ1) is 18.0. The van der Waals surface area contributed by atoms with Crippen LogP contribution >= 0.6 is 0 Å². The second kappa shape index (κ2) is 10.7. The van der Waals surface area contributed by atoms with Crippen molar-refractivity contribution < 1.29 is 14.4 Å². The summed E-state index contributed by atoms with van der Waals surface area (Å²) in [6.45, 7) is 3.24. The molecule has 0 aliphatic carbocycles. The van der Waals surface area contributed by atoms with Gasteiger partial charge in [-0.3, -0.25) is 24.6 Å². The molecule has 5 N–H and O–H groups in total. The van der Waals surface area contributed by atoms with Crippen molar-refractivity contribution in [3.63, 3.8) is 0 Å². The van der Waals surface area contributed by atoms with E-state index in [9.17, 15) is 14.4 Å². The highest BCUT2D eigenvalue weighted by Gasteiger charge is 2.27. The molecular weight excluding hydrogens is 466 g/mol. The van der Waals surface area contributed by atoms with E-state index in [2.05, 4.69) is 33.0 Å². The summed E-state index contributed by atoms with van der Waals surface area (Å²) in [6.07, 6.45) is 5.47. The van der Waals surface area contributed by atoms with Gasteiger partial charge in [0.05, 0.1) is 5.57 Å². The van der Waals surface area contributed by atoms with Crippen LogP contribution in [0.4, 0.5) is 17.1 Å². The molecule has 0 radical (unpaired) electrons. The second-order valence-corrected chi connectivity index (χ2v) is 9.35. The highest BCUT2D eigenvalue weighted by Crippen LogP contribution is 2.29. The molecule has 8 nitrogen and oxygen atoms in total. The molecule has 1 saturated heterocycles. The van der Waals surface area contributed by atoms with E-state index in [-0.39, 0.29) is 0 Å². The van der Waals surface area contributed by atoms with Crippen molar-refractivity contribution in [1.29, 1.82) is 0 Å². The molecule has 3 amide bonds. The van der Waals surface area contributed by atoms with Crippen LogP contribution in [0.15, 0.2) is 72.9 Å². The molecule has 37 heavy (non-hydrogen) atoms. The molecule has 0 aromatic heterocycles. The molecule has 0 spiro atoms. The van der Waals surface area contributed by atoms with E-state index in [1.807, 2.05) is 12.1 Å². The summed E-state index contributed by atoms with van der Waals surface area (Å²) in [6, 6.07) is 20.1. The highest BCUT2D eigenvalue weighted by atomic mass is 16.2. The van der Waals surface area contributed by atoms with Gasteiger partial charge in [0.15, 0.2) is 0 Å². The number of hydrogen-bond acceptors (Lipinski definition) is 6. The second-order valence-electron chi connectivity index (χ2n) is 9.35. The number of nitrogens with two attached hydrogens (primary N) is 1. The van der Waals surface area contributed by atoms with Gasteiger partial charge in [-0.2, -0.15) is 0 Å². The van der Waals surface area contributed by atoms with E-state index in [0.29, 0.717) is 28.0 Å². The normalized spacial score (nSPS) is 16.7. The predicted molar refractivity (Wildman–Crippen MR) is 144 cm³/mol. The number of rotatable bonds is 7. The number of anilines is 3. The maximum absolute atomic E-state index is 12.7. The van der Waals surface area contributed by atoms with Crippen molar-refractivity contribution in [3.8, 4) is 0 Å². The van der Waals surface area contributed by atoms with Gasteiger partial charge in [-0.15, -0.1) is 0 Å². The Morgan fingerprint density at radius 3 is 2.22 bits per heavy atom. The van der Waals surface area contributed by atoms with E-state index in [4.69, 9.17) is 5.73 Å². The van der Waals surface area contributed by atoms with Crippen molar-refractivity contribution in [3.05, 3.63) is 95.2 Å². The summed E-state index contributed by atoms with van der Waals surface area (Å²) in [5.74, 6) is -1.39. The van der Waals surface area contributed by atoms with Gasteiger partial charge in [0.25, 0.3) is 11.8 Å². The fraction of sp³-hybridized carbons (Fsp3) is 0.207. The summed E-state index contributed by atoms with van der Waals surface area (Å²) in [5.41, 5.74) is 10.6. The smallest absolute Gasteiger partial charge is 0.260 e. The molecule has 0 unspecified atom stereocenters. The number of carbonyl (C=O) groups excluding carboxylic acids is 3. The third-order valence-corrected chi connectivity index (χ3v) is 6.68. The van der Waals surface area contributed by atoms with Crippen LogP contribution in [-0.2, 0) is 11.3 Å². The largest absolute Gasteiger partial charge is 0.366 e. The van der Waals surface area contributed by atoms with Crippen molar-refractivity contribution in [2.75, 3.05) is 23.7 Å². The lowest BCUT2D eigenvalue weighted by molar-refractivity contribution is -0.114. The van der Waals surface area contributed by atoms with Crippen LogP contribution < -0.4 is 21.7 Å². The standard InChI is InChI=1S/C29H29N5O3/c30-27(35)20-6-10-22(11-7-20)32-23-12-13-24-25(16-23)26(29(37)33-28(24)36)17-31-21-8-4-19(5-9-21)18-34-14-2-1-3-15-34/h4-13,16-17,31-32H,1-3,14-15,18H2,(H2,30,35)(H,33,36,37). The number of primary amides is 1. The van der Waals surface area contributed by atoms with Gasteiger partial charge in [0, 0.05) is 46.5 Å². The Balaban J connectivity index is 1.33. The number of piperidine rings is 1. The summed E-state index contributed by atoms with van der Waals surface area (Å²) in [4.78, 5) is 39.0. The average molecular weight is 496 g/mol. The summed E-state index contributed by atoms with van der Waals surface area (Å²) < 4.78 is 0. The van der Waals surface area contributed by atoms with E-state index in [1.165, 1.54) is 24.8 Å². The summed E-state index contributed by atoms with van der Waals surface area (Å²) >= 11 is 0. The Hall–Kier alpha value is -4.43. The maximum atomic E-state index is 12.7. The van der Waals surface area contributed by atoms with E-state index < -0.39 is 17.7 Å². The fourth-order valence-corrected chi connectivity index (χ4v) is 4.67. The minimum Gasteiger partial charge on any atom is -0.366 e. The number of amides is 3. The lowest BCUT2D eigenvalue weighted by Crippen LogP contribution is -2.36. The molecule has 1 fully saturated rings. The molecule has 3 aromatic rings. The van der Waals surface area contributed by atoms with Crippen LogP contribution in [0.1, 0.15) is 51.1 Å². The fourth-order valence-electron chi connectivity index (χ4n) is 4.67. The zero-order chi connectivity index (χ0) is 25.8. The number of likely N-dealkylation sites (tertiary alicyclic amines) is 1. The molecule has 2 aliphatic rings. The number of benzene rings is 3. The molecule has 188 valence electrons. The number of carbonyl (C=O) groups is 3. The van der Waals surface area contributed by atoms with Gasteiger partial charge in [0.1, 0.15) is 0 Å². The Morgan fingerprint density at radius 1 is 0.838 bits per heavy atom. The molecule has 3 aromatic carbocycles. The van der Waals surface area contributed by atoms with Crippen LogP contribution in [-0.4, -0.2) is 35.7 Å². The first-order valence-corrected chi connectivity index (χ1v) is 12.4. The third-order valence-electron chi connectivity index (χ3n) is 6.68. The van der Waals surface area contributed by atoms with Crippen LogP contribution in [0.3, 0.4) is 0 Å². The molecular formula is C29H29N5O3. The quantitative estimate of drug-likeness (QED) is 0.288. The van der Waals surface area contributed by atoms with Crippen molar-refractivity contribution in [1.82, 2.24) is 10.2 Å². The topological polar surface area (TPSA) is 117 Å². The minimum absolute atomic E-state index is 0.361. The molecule has 5 rings (SSSR count). The number of hydrogen-bond donors (Lipinski definition) is 4. The zero-order valence-electron chi connectivity index (χ0n) is 20.4. The van der Waals surface area contributed by atoms with Crippen molar-refractivity contribution in [2.24, 2.45) is 5.73 Å². The van der Waals surface area contributed by atoms with Gasteiger partial charge in [-0.05, 0) is 86.1 Å². The lowest BCUT2D eigenvalue weighted by atomic mass is 9.94. The van der Waals surface area contributed by atoms with Crippen LogP contribution in [0.5, 0.6) is 0 Å². The van der Waals surface area contributed by atoms with Crippen molar-refractivity contribution >= 4 is 40.4 Å². The number of nitrogens with one attached hydrogen (secondary N) is 3. The summed E-state index contributed by atoms with van der Waals surface area (Å²) in [7, 11) is 0. The number of fused-ring (bicyclic) bond motifs is 1. The predicted octanol–water partition coefficient (Wildman–Crippen LogP) is 4.24. The molecule has 2 aliphatic heterocycles. The molecule has 0 atom stereocenters. The van der Waals surface area contributed by atoms with Gasteiger partial charge in [0.2, 0.25) is 5.91 Å². The van der Waals surface area contributed by atoms with E-state index >= 15 is 0 Å². The van der Waals surface area contributed by atoms with Crippen LogP contribution in [0.2, 0.25) is 0 Å². The van der Waals surface area contributed by atoms with E-state index in [0.717, 1.165) is 31.0 Å². The van der Waals surface area contributed by atoms with Gasteiger partial charge in [-0.25, -0.2) is 0 Å². The Kier molecular flexibility index (Phi) is 7.00. The molecule has 0 bridgehead atoms. The number of imide groups is 1. The van der Waals surface area contributed by atoms with Crippen LogP contribution in [0.25, 0.3) is 5.57 Å².